The highest BCUT2D eigenvalue weighted by molar-refractivity contribution is 7.92. The summed E-state index contributed by atoms with van der Waals surface area (Å²) in [6, 6.07) is 12.7. The Morgan fingerprint density at radius 1 is 0.935 bits per heavy atom. The van der Waals surface area contributed by atoms with Gasteiger partial charge < -0.3 is 10.6 Å². The third-order valence-corrected chi connectivity index (χ3v) is 7.29. The van der Waals surface area contributed by atoms with Crippen LogP contribution in [0.15, 0.2) is 53.4 Å². The fourth-order valence-corrected chi connectivity index (χ4v) is 5.05. The number of amides is 2. The average Bonchev–Trinajstić information content (AvgIpc) is 3.00. The molecule has 0 saturated carbocycles. The summed E-state index contributed by atoms with van der Waals surface area (Å²) in [7, 11) is -2.26. The molecule has 3 rings (SSSR count). The number of carbonyl (C=O) groups excluding carboxylic acids is 2. The summed E-state index contributed by atoms with van der Waals surface area (Å²) in [5.74, 6) is -0.723. The smallest absolute Gasteiger partial charge is 0.261 e. The zero-order valence-electron chi connectivity index (χ0n) is 17.6. The fourth-order valence-electron chi connectivity index (χ4n) is 2.94. The van der Waals surface area contributed by atoms with E-state index < -0.39 is 15.9 Å². The summed E-state index contributed by atoms with van der Waals surface area (Å²) in [5, 5.41) is 5.80. The van der Waals surface area contributed by atoms with Gasteiger partial charge in [0.1, 0.15) is 5.00 Å². The summed E-state index contributed by atoms with van der Waals surface area (Å²) in [6.07, 6.45) is 0. The van der Waals surface area contributed by atoms with Crippen LogP contribution in [0.25, 0.3) is 0 Å². The van der Waals surface area contributed by atoms with Gasteiger partial charge in [-0.1, -0.05) is 23.8 Å². The first-order valence-electron chi connectivity index (χ1n) is 9.45. The molecule has 0 fully saturated rings. The lowest BCUT2D eigenvalue weighted by Gasteiger charge is -2.10. The average molecular weight is 458 g/mol. The molecule has 3 aromatic rings. The van der Waals surface area contributed by atoms with Gasteiger partial charge in [-0.2, -0.15) is 0 Å². The van der Waals surface area contributed by atoms with Crippen LogP contribution in [0.4, 0.5) is 10.7 Å². The maximum Gasteiger partial charge on any atom is 0.261 e. The van der Waals surface area contributed by atoms with Gasteiger partial charge in [0.15, 0.2) is 0 Å². The number of hydrogen-bond acceptors (Lipinski definition) is 5. The van der Waals surface area contributed by atoms with Crippen molar-refractivity contribution in [3.8, 4) is 0 Å². The molecule has 9 heteroatoms. The Morgan fingerprint density at radius 2 is 1.61 bits per heavy atom. The third-order valence-electron chi connectivity index (χ3n) is 4.77. The van der Waals surface area contributed by atoms with Gasteiger partial charge in [0.25, 0.3) is 21.8 Å². The minimum absolute atomic E-state index is 0.132. The van der Waals surface area contributed by atoms with E-state index in [0.29, 0.717) is 10.6 Å². The van der Waals surface area contributed by atoms with Crippen LogP contribution in [-0.2, 0) is 10.0 Å². The zero-order chi connectivity index (χ0) is 22.8. The molecule has 0 saturated heterocycles. The quantitative estimate of drug-likeness (QED) is 0.519. The van der Waals surface area contributed by atoms with Crippen LogP contribution in [0.1, 0.15) is 36.7 Å². The van der Waals surface area contributed by atoms with Crippen molar-refractivity contribution in [2.75, 3.05) is 17.1 Å². The maximum absolute atomic E-state index is 12.8. The van der Waals surface area contributed by atoms with Crippen LogP contribution in [0.2, 0.25) is 0 Å². The molecule has 31 heavy (non-hydrogen) atoms. The molecule has 1 aromatic heterocycles. The Balaban J connectivity index is 1.84. The molecule has 0 atom stereocenters. The van der Waals surface area contributed by atoms with Crippen LogP contribution >= 0.6 is 11.3 Å². The molecule has 2 aromatic carbocycles. The van der Waals surface area contributed by atoms with E-state index in [1.807, 2.05) is 20.8 Å². The summed E-state index contributed by atoms with van der Waals surface area (Å²) in [5.41, 5.74) is 2.70. The van der Waals surface area contributed by atoms with Crippen molar-refractivity contribution < 1.29 is 18.0 Å². The van der Waals surface area contributed by atoms with Crippen molar-refractivity contribution in [1.29, 1.82) is 0 Å². The summed E-state index contributed by atoms with van der Waals surface area (Å²) >= 11 is 1.32. The van der Waals surface area contributed by atoms with E-state index in [-0.39, 0.29) is 22.1 Å². The molecule has 0 aliphatic rings. The van der Waals surface area contributed by atoms with Crippen LogP contribution in [0.3, 0.4) is 0 Å². The van der Waals surface area contributed by atoms with Crippen molar-refractivity contribution in [2.45, 2.75) is 25.7 Å². The first-order chi connectivity index (χ1) is 14.6. The summed E-state index contributed by atoms with van der Waals surface area (Å²) in [4.78, 5) is 26.1. The number of thiophene rings is 1. The molecule has 0 spiro atoms. The molecular weight excluding hydrogens is 434 g/mol. The number of hydrogen-bond donors (Lipinski definition) is 3. The second kappa shape index (κ2) is 8.91. The Hall–Kier alpha value is -3.17. The van der Waals surface area contributed by atoms with E-state index in [2.05, 4.69) is 15.4 Å². The summed E-state index contributed by atoms with van der Waals surface area (Å²) in [6.45, 7) is 5.58. The number of anilines is 2. The van der Waals surface area contributed by atoms with Crippen LogP contribution in [0, 0.1) is 20.8 Å². The number of aryl methyl sites for hydroxylation is 2. The molecule has 1 heterocycles. The highest BCUT2D eigenvalue weighted by Gasteiger charge is 2.21. The van der Waals surface area contributed by atoms with Crippen molar-refractivity contribution in [3.63, 3.8) is 0 Å². The van der Waals surface area contributed by atoms with Crippen LogP contribution in [-0.4, -0.2) is 27.3 Å². The minimum atomic E-state index is -3.79. The molecule has 0 bridgehead atoms. The third kappa shape index (κ3) is 4.95. The molecule has 0 aliphatic carbocycles. The van der Waals surface area contributed by atoms with Crippen molar-refractivity contribution in [3.05, 3.63) is 75.7 Å². The van der Waals surface area contributed by atoms with Gasteiger partial charge in [0.2, 0.25) is 0 Å². The van der Waals surface area contributed by atoms with Gasteiger partial charge in [-0.15, -0.1) is 11.3 Å². The summed E-state index contributed by atoms with van der Waals surface area (Å²) < 4.78 is 27.7. The van der Waals surface area contributed by atoms with Gasteiger partial charge in [-0.05, 0) is 56.7 Å². The van der Waals surface area contributed by atoms with E-state index in [1.165, 1.54) is 36.6 Å². The molecule has 0 aliphatic heterocycles. The molecule has 7 nitrogen and oxygen atoms in total. The lowest BCUT2D eigenvalue weighted by Crippen LogP contribution is -2.21. The Kier molecular flexibility index (Phi) is 6.47. The highest BCUT2D eigenvalue weighted by atomic mass is 32.2. The van der Waals surface area contributed by atoms with E-state index in [1.54, 1.807) is 30.3 Å². The number of carbonyl (C=O) groups is 2. The number of rotatable bonds is 6. The van der Waals surface area contributed by atoms with E-state index in [9.17, 15) is 18.0 Å². The van der Waals surface area contributed by atoms with Crippen LogP contribution < -0.4 is 15.4 Å². The molecule has 3 N–H and O–H groups in total. The first-order valence-corrected chi connectivity index (χ1v) is 11.8. The Labute approximate surface area is 185 Å². The predicted octanol–water partition coefficient (Wildman–Crippen LogP) is 4.09. The topological polar surface area (TPSA) is 104 Å². The van der Waals surface area contributed by atoms with E-state index in [0.717, 1.165) is 16.0 Å². The SMILES string of the molecule is CNC(=O)c1c(NC(=O)c2cccc(NS(=O)(=O)c3ccc(C)cc3)c2)sc(C)c1C. The molecular formula is C22H23N3O4S2. The van der Waals surface area contributed by atoms with Gasteiger partial charge in [-0.3, -0.25) is 14.3 Å². The monoisotopic (exact) mass is 457 g/mol. The predicted molar refractivity (Wildman–Crippen MR) is 124 cm³/mol. The van der Waals surface area contributed by atoms with E-state index >= 15 is 0 Å². The fraction of sp³-hybridized carbons (Fsp3) is 0.182. The lowest BCUT2D eigenvalue weighted by atomic mass is 10.1. The Morgan fingerprint density at radius 3 is 2.26 bits per heavy atom. The van der Waals surface area contributed by atoms with Gasteiger partial charge in [0.05, 0.1) is 10.5 Å². The molecule has 162 valence electrons. The van der Waals surface area contributed by atoms with E-state index in [4.69, 9.17) is 0 Å². The first kappa shape index (κ1) is 22.5. The van der Waals surface area contributed by atoms with Crippen molar-refractivity contribution in [1.82, 2.24) is 5.32 Å². The standard InChI is InChI=1S/C22H23N3O4S2/c1-13-8-10-18(11-9-13)31(28,29)25-17-7-5-6-16(12-17)20(26)24-22-19(21(27)23-4)14(2)15(3)30-22/h5-12,25H,1-4H3,(H,23,27)(H,24,26). The minimum Gasteiger partial charge on any atom is -0.355 e. The number of benzene rings is 2. The molecule has 0 unspecified atom stereocenters. The van der Waals surface area contributed by atoms with Gasteiger partial charge in [0, 0.05) is 23.2 Å². The second-order valence-electron chi connectivity index (χ2n) is 7.02. The van der Waals surface area contributed by atoms with Gasteiger partial charge in [-0.25, -0.2) is 8.42 Å². The number of nitrogens with one attached hydrogen (secondary N) is 3. The normalized spacial score (nSPS) is 11.1. The number of sulfonamides is 1. The van der Waals surface area contributed by atoms with Crippen LogP contribution in [0.5, 0.6) is 0 Å². The Bertz CT molecular complexity index is 1250. The maximum atomic E-state index is 12.8. The van der Waals surface area contributed by atoms with Crippen molar-refractivity contribution in [2.24, 2.45) is 0 Å². The highest BCUT2D eigenvalue weighted by Crippen LogP contribution is 2.32. The largest absolute Gasteiger partial charge is 0.355 e. The second-order valence-corrected chi connectivity index (χ2v) is 9.93. The molecule has 2 amide bonds. The van der Waals surface area contributed by atoms with Gasteiger partial charge >= 0.3 is 0 Å². The zero-order valence-corrected chi connectivity index (χ0v) is 19.2. The molecule has 0 radical (unpaired) electrons. The lowest BCUT2D eigenvalue weighted by molar-refractivity contribution is 0.0963. The van der Waals surface area contributed by atoms with Crippen molar-refractivity contribution >= 4 is 43.9 Å².